The average Bonchev–Trinajstić information content (AvgIpc) is 3.06. The van der Waals surface area contributed by atoms with Crippen LogP contribution in [0.5, 0.6) is 0 Å². The van der Waals surface area contributed by atoms with E-state index >= 15 is 0 Å². The number of benzene rings is 2. The van der Waals surface area contributed by atoms with Gasteiger partial charge in [0.05, 0.1) is 6.61 Å². The van der Waals surface area contributed by atoms with Gasteiger partial charge in [-0.25, -0.2) is 4.79 Å². The van der Waals surface area contributed by atoms with Gasteiger partial charge in [-0.2, -0.15) is 0 Å². The minimum absolute atomic E-state index is 0.0551. The molecule has 2 N–H and O–H groups in total. The Balaban J connectivity index is 1.51. The topological polar surface area (TPSA) is 89.1 Å². The number of hydrogen-bond acceptors (Lipinski definition) is 7. The SMILES string of the molecule is CCN(c1cc(-c2ccc(C3(COC)CCOCC3)cc2)cc(C(=O)NCC2=C(C)C=C(C)NC2=C=O)c1C)C1CCOCC1. The maximum atomic E-state index is 13.9. The number of nitrogens with one attached hydrogen (secondary N) is 2. The number of amides is 1. The Hall–Kier alpha value is -3.68. The molecule has 0 unspecified atom stereocenters. The first kappa shape index (κ1) is 32.7. The third kappa shape index (κ3) is 7.10. The second-order valence-electron chi connectivity index (χ2n) is 12.5. The van der Waals surface area contributed by atoms with Gasteiger partial charge in [-0.15, -0.1) is 0 Å². The normalized spacial score (nSPS) is 18.6. The van der Waals surface area contributed by atoms with Crippen molar-refractivity contribution in [2.24, 2.45) is 0 Å². The average molecular weight is 614 g/mol. The van der Waals surface area contributed by atoms with Gasteiger partial charge >= 0.3 is 0 Å². The molecule has 1 amide bonds. The van der Waals surface area contributed by atoms with E-state index in [1.807, 2.05) is 38.9 Å². The number of hydrogen-bond donors (Lipinski definition) is 2. The van der Waals surface area contributed by atoms with E-state index in [1.165, 1.54) is 5.56 Å². The molecule has 2 saturated heterocycles. The zero-order chi connectivity index (χ0) is 32.0. The zero-order valence-electron chi connectivity index (χ0n) is 27.4. The van der Waals surface area contributed by atoms with E-state index in [2.05, 4.69) is 52.8 Å². The Labute approximate surface area is 267 Å². The Bertz CT molecular complexity index is 1490. The number of ether oxygens (including phenoxy) is 3. The molecule has 0 aliphatic carbocycles. The van der Waals surface area contributed by atoms with E-state index in [1.54, 1.807) is 7.11 Å². The van der Waals surface area contributed by atoms with Crippen LogP contribution in [0, 0.1) is 6.92 Å². The molecule has 0 aromatic heterocycles. The van der Waals surface area contributed by atoms with Crippen molar-refractivity contribution in [2.45, 2.75) is 64.8 Å². The lowest BCUT2D eigenvalue weighted by Crippen LogP contribution is -2.40. The predicted molar refractivity (Wildman–Crippen MR) is 178 cm³/mol. The van der Waals surface area contributed by atoms with E-state index in [4.69, 9.17) is 14.2 Å². The van der Waals surface area contributed by atoms with Gasteiger partial charge in [0, 0.05) is 80.6 Å². The van der Waals surface area contributed by atoms with Crippen molar-refractivity contribution in [3.63, 3.8) is 0 Å². The summed E-state index contributed by atoms with van der Waals surface area (Å²) in [4.78, 5) is 28.1. The molecule has 0 spiro atoms. The number of carbonyl (C=O) groups is 1. The Morgan fingerprint density at radius 1 is 1.04 bits per heavy atom. The smallest absolute Gasteiger partial charge is 0.251 e. The molecule has 2 aromatic carbocycles. The first-order valence-electron chi connectivity index (χ1n) is 16.2. The summed E-state index contributed by atoms with van der Waals surface area (Å²) in [6.07, 6.45) is 5.73. The molecule has 3 heterocycles. The molecular formula is C37H47N3O5. The molecule has 3 aliphatic heterocycles. The van der Waals surface area contributed by atoms with E-state index in [9.17, 15) is 9.59 Å². The number of nitrogens with zero attached hydrogens (tertiary/aromatic N) is 1. The lowest BCUT2D eigenvalue weighted by molar-refractivity contribution is 0.0136. The van der Waals surface area contributed by atoms with Gasteiger partial charge in [-0.05, 0) is 99.4 Å². The molecule has 2 fully saturated rings. The first-order chi connectivity index (χ1) is 21.8. The van der Waals surface area contributed by atoms with Crippen LogP contribution in [0.2, 0.25) is 0 Å². The fourth-order valence-corrected chi connectivity index (χ4v) is 7.09. The number of rotatable bonds is 10. The molecule has 0 bridgehead atoms. The fourth-order valence-electron chi connectivity index (χ4n) is 7.09. The number of anilines is 1. The second-order valence-corrected chi connectivity index (χ2v) is 12.5. The number of dihydropyridines is 1. The van der Waals surface area contributed by atoms with Gasteiger partial charge in [-0.3, -0.25) is 4.79 Å². The van der Waals surface area contributed by atoms with Crippen molar-refractivity contribution in [2.75, 3.05) is 58.1 Å². The van der Waals surface area contributed by atoms with Crippen molar-refractivity contribution in [1.29, 1.82) is 0 Å². The van der Waals surface area contributed by atoms with Crippen LogP contribution < -0.4 is 15.5 Å². The molecule has 8 heteroatoms. The summed E-state index contributed by atoms with van der Waals surface area (Å²) in [5.41, 5.74) is 8.80. The van der Waals surface area contributed by atoms with Gasteiger partial charge in [0.25, 0.3) is 5.91 Å². The standard InChI is InChI=1S/C37H47N3O5/c1-6-40(31-11-15-44-16-12-31)35-21-29(28-7-9-30(10-8-28)37(24-43-5)13-17-45-18-14-37)20-32(27(35)4)36(42)38-22-33-25(2)19-26(3)39-34(33)23-41/h7-10,19-21,31,39H,6,11-18,22,24H2,1-5H3,(H,38,42). The highest BCUT2D eigenvalue weighted by molar-refractivity contribution is 5.99. The van der Waals surface area contributed by atoms with Crippen LogP contribution in [-0.2, 0) is 24.4 Å². The summed E-state index contributed by atoms with van der Waals surface area (Å²) in [6, 6.07) is 13.3. The Morgan fingerprint density at radius 3 is 2.38 bits per heavy atom. The highest BCUT2D eigenvalue weighted by Crippen LogP contribution is 2.38. The summed E-state index contributed by atoms with van der Waals surface area (Å²) >= 11 is 0. The molecule has 240 valence electrons. The van der Waals surface area contributed by atoms with Crippen LogP contribution in [0.25, 0.3) is 11.1 Å². The highest BCUT2D eigenvalue weighted by Gasteiger charge is 2.34. The summed E-state index contributed by atoms with van der Waals surface area (Å²) in [7, 11) is 1.76. The summed E-state index contributed by atoms with van der Waals surface area (Å²) in [5.74, 6) is 1.83. The third-order valence-electron chi connectivity index (χ3n) is 9.67. The van der Waals surface area contributed by atoms with Crippen molar-refractivity contribution >= 4 is 17.5 Å². The maximum absolute atomic E-state index is 13.9. The first-order valence-corrected chi connectivity index (χ1v) is 16.2. The highest BCUT2D eigenvalue weighted by atomic mass is 16.5. The minimum atomic E-state index is -0.173. The van der Waals surface area contributed by atoms with Gasteiger partial charge in [0.15, 0.2) is 5.94 Å². The van der Waals surface area contributed by atoms with E-state index in [0.29, 0.717) is 23.9 Å². The van der Waals surface area contributed by atoms with Crippen LogP contribution in [-0.4, -0.2) is 71.1 Å². The van der Waals surface area contributed by atoms with Gasteiger partial charge in [0.2, 0.25) is 0 Å². The zero-order valence-corrected chi connectivity index (χ0v) is 27.4. The van der Waals surface area contributed by atoms with Gasteiger partial charge in [0.1, 0.15) is 5.70 Å². The van der Waals surface area contributed by atoms with Crippen molar-refractivity contribution in [3.8, 4) is 11.1 Å². The lowest BCUT2D eigenvalue weighted by Gasteiger charge is -2.37. The van der Waals surface area contributed by atoms with E-state index in [0.717, 1.165) is 97.9 Å². The largest absolute Gasteiger partial charge is 0.384 e. The summed E-state index contributed by atoms with van der Waals surface area (Å²) < 4.78 is 17.0. The van der Waals surface area contributed by atoms with E-state index in [-0.39, 0.29) is 17.9 Å². The van der Waals surface area contributed by atoms with Crippen molar-refractivity contribution in [1.82, 2.24) is 10.6 Å². The third-order valence-corrected chi connectivity index (χ3v) is 9.67. The fraction of sp³-hybridized carbons (Fsp3) is 0.486. The molecule has 5 rings (SSSR count). The van der Waals surface area contributed by atoms with Gasteiger partial charge in [-0.1, -0.05) is 24.3 Å². The maximum Gasteiger partial charge on any atom is 0.251 e. The molecule has 0 atom stereocenters. The van der Waals surface area contributed by atoms with Crippen LogP contribution >= 0.6 is 0 Å². The predicted octanol–water partition coefficient (Wildman–Crippen LogP) is 5.63. The monoisotopic (exact) mass is 613 g/mol. The van der Waals surface area contributed by atoms with Crippen LogP contribution in [0.3, 0.4) is 0 Å². The quantitative estimate of drug-likeness (QED) is 0.336. The molecular weight excluding hydrogens is 566 g/mol. The van der Waals surface area contributed by atoms with Crippen LogP contribution in [0.1, 0.15) is 67.9 Å². The molecule has 45 heavy (non-hydrogen) atoms. The number of allylic oxidation sites excluding steroid dienone is 3. The van der Waals surface area contributed by atoms with Crippen LogP contribution in [0.4, 0.5) is 5.69 Å². The molecule has 8 nitrogen and oxygen atoms in total. The lowest BCUT2D eigenvalue weighted by atomic mass is 9.74. The molecule has 0 saturated carbocycles. The van der Waals surface area contributed by atoms with Gasteiger partial charge < -0.3 is 29.7 Å². The van der Waals surface area contributed by atoms with Crippen molar-refractivity contribution in [3.05, 3.63) is 81.7 Å². The molecule has 0 radical (unpaired) electrons. The number of carbonyl (C=O) groups excluding carboxylic acids is 2. The van der Waals surface area contributed by atoms with Crippen molar-refractivity contribution < 1.29 is 23.8 Å². The minimum Gasteiger partial charge on any atom is -0.384 e. The molecule has 3 aliphatic rings. The summed E-state index contributed by atoms with van der Waals surface area (Å²) in [6.45, 7) is 12.7. The Kier molecular flexibility index (Phi) is 10.6. The van der Waals surface area contributed by atoms with E-state index < -0.39 is 0 Å². The second kappa shape index (κ2) is 14.6. The summed E-state index contributed by atoms with van der Waals surface area (Å²) in [5, 5.41) is 6.17. The Morgan fingerprint density at radius 2 is 1.73 bits per heavy atom. The number of methoxy groups -OCH3 is 1. The van der Waals surface area contributed by atoms with Crippen LogP contribution in [0.15, 0.2) is 65.0 Å². The molecule has 2 aromatic rings.